The molecule has 0 aliphatic rings. The second kappa shape index (κ2) is 8.08. The molecule has 2 rings (SSSR count). The molecule has 0 radical (unpaired) electrons. The maximum atomic E-state index is 13.7. The van der Waals surface area contributed by atoms with Crippen molar-refractivity contribution in [3.05, 3.63) is 59.2 Å². The predicted molar refractivity (Wildman–Crippen MR) is 87.2 cm³/mol. The molecule has 0 saturated carbocycles. The van der Waals surface area contributed by atoms with Crippen LogP contribution in [0.3, 0.4) is 0 Å². The number of aliphatic hydroxyl groups is 1. The van der Waals surface area contributed by atoms with Gasteiger partial charge in [0.1, 0.15) is 23.1 Å². The molecule has 0 saturated heterocycles. The van der Waals surface area contributed by atoms with Crippen LogP contribution in [0.25, 0.3) is 0 Å². The van der Waals surface area contributed by atoms with Crippen molar-refractivity contribution in [3.8, 4) is 11.5 Å². The Morgan fingerprint density at radius 1 is 1.08 bits per heavy atom. The Hall–Kier alpha value is -2.18. The Morgan fingerprint density at radius 2 is 1.75 bits per heavy atom. The summed E-state index contributed by atoms with van der Waals surface area (Å²) in [4.78, 5) is 1.76. The largest absolute Gasteiger partial charge is 0.497 e. The normalized spacial score (nSPS) is 12.3. The summed E-state index contributed by atoms with van der Waals surface area (Å²) >= 11 is 0. The molecule has 130 valence electrons. The monoisotopic (exact) mass is 337 g/mol. The average molecular weight is 337 g/mol. The van der Waals surface area contributed by atoms with Crippen LogP contribution in [0.4, 0.5) is 8.78 Å². The minimum Gasteiger partial charge on any atom is -0.497 e. The van der Waals surface area contributed by atoms with Gasteiger partial charge in [0.05, 0.1) is 25.9 Å². The van der Waals surface area contributed by atoms with Crippen LogP contribution in [0.15, 0.2) is 36.4 Å². The summed E-state index contributed by atoms with van der Waals surface area (Å²) in [6, 6.07) is 8.93. The highest BCUT2D eigenvalue weighted by molar-refractivity contribution is 5.40. The van der Waals surface area contributed by atoms with Gasteiger partial charge in [0.25, 0.3) is 0 Å². The van der Waals surface area contributed by atoms with Crippen molar-refractivity contribution in [1.29, 1.82) is 0 Å². The molecule has 0 heterocycles. The number of rotatable bonds is 7. The molecule has 4 nitrogen and oxygen atoms in total. The molecule has 0 spiro atoms. The third-order valence-electron chi connectivity index (χ3n) is 3.75. The van der Waals surface area contributed by atoms with Crippen LogP contribution in [0, 0.1) is 11.6 Å². The number of ether oxygens (including phenoxy) is 2. The molecule has 0 aliphatic carbocycles. The van der Waals surface area contributed by atoms with Gasteiger partial charge in [-0.2, -0.15) is 0 Å². The van der Waals surface area contributed by atoms with Gasteiger partial charge < -0.3 is 14.6 Å². The van der Waals surface area contributed by atoms with Crippen LogP contribution < -0.4 is 9.47 Å². The maximum Gasteiger partial charge on any atom is 0.131 e. The fourth-order valence-corrected chi connectivity index (χ4v) is 2.58. The zero-order valence-electron chi connectivity index (χ0n) is 13.9. The van der Waals surface area contributed by atoms with Crippen LogP contribution in [-0.4, -0.2) is 37.8 Å². The van der Waals surface area contributed by atoms with Gasteiger partial charge in [-0.15, -0.1) is 0 Å². The van der Waals surface area contributed by atoms with E-state index in [9.17, 15) is 13.9 Å². The SMILES string of the molecule is COc1ccc(OC)c(CN(C)CC(O)c2c(F)cccc2F)c1. The summed E-state index contributed by atoms with van der Waals surface area (Å²) in [7, 11) is 4.88. The van der Waals surface area contributed by atoms with Crippen LogP contribution in [0.2, 0.25) is 0 Å². The Balaban J connectivity index is 2.12. The molecule has 1 atom stereocenters. The van der Waals surface area contributed by atoms with Crippen LogP contribution in [0.5, 0.6) is 11.5 Å². The van der Waals surface area contributed by atoms with E-state index in [1.54, 1.807) is 38.3 Å². The molecule has 1 N–H and O–H groups in total. The van der Waals surface area contributed by atoms with Crippen LogP contribution in [0.1, 0.15) is 17.2 Å². The zero-order chi connectivity index (χ0) is 17.7. The molecule has 0 amide bonds. The van der Waals surface area contributed by atoms with E-state index in [-0.39, 0.29) is 12.1 Å². The second-order valence-corrected chi connectivity index (χ2v) is 5.53. The first-order valence-corrected chi connectivity index (χ1v) is 7.47. The second-order valence-electron chi connectivity index (χ2n) is 5.53. The average Bonchev–Trinajstić information content (AvgIpc) is 2.54. The summed E-state index contributed by atoms with van der Waals surface area (Å²) in [6.07, 6.45) is -1.27. The molecule has 2 aromatic rings. The Morgan fingerprint density at radius 3 is 2.33 bits per heavy atom. The molecule has 2 aromatic carbocycles. The van der Waals surface area contributed by atoms with Crippen LogP contribution in [-0.2, 0) is 6.54 Å². The highest BCUT2D eigenvalue weighted by Gasteiger charge is 2.20. The van der Waals surface area contributed by atoms with E-state index in [1.807, 2.05) is 6.07 Å². The molecular formula is C18H21F2NO3. The zero-order valence-corrected chi connectivity index (χ0v) is 13.9. The van der Waals surface area contributed by atoms with Crippen molar-refractivity contribution in [2.24, 2.45) is 0 Å². The van der Waals surface area contributed by atoms with E-state index < -0.39 is 17.7 Å². The molecule has 24 heavy (non-hydrogen) atoms. The van der Waals surface area contributed by atoms with Crippen molar-refractivity contribution in [2.45, 2.75) is 12.6 Å². The van der Waals surface area contributed by atoms with Crippen molar-refractivity contribution in [2.75, 3.05) is 27.8 Å². The number of methoxy groups -OCH3 is 2. The van der Waals surface area contributed by atoms with Gasteiger partial charge in [-0.05, 0) is 37.4 Å². The van der Waals surface area contributed by atoms with Crippen molar-refractivity contribution in [3.63, 3.8) is 0 Å². The summed E-state index contributed by atoms with van der Waals surface area (Å²) in [5, 5.41) is 10.2. The van der Waals surface area contributed by atoms with Gasteiger partial charge in [-0.3, -0.25) is 4.90 Å². The molecule has 0 aromatic heterocycles. The fourth-order valence-electron chi connectivity index (χ4n) is 2.58. The fraction of sp³-hybridized carbons (Fsp3) is 0.333. The first-order valence-electron chi connectivity index (χ1n) is 7.47. The quantitative estimate of drug-likeness (QED) is 0.843. The van der Waals surface area contributed by atoms with E-state index in [1.165, 1.54) is 6.07 Å². The van der Waals surface area contributed by atoms with Gasteiger partial charge in [0, 0.05) is 18.7 Å². The predicted octanol–water partition coefficient (Wildman–Crippen LogP) is 3.15. The number of hydrogen-bond acceptors (Lipinski definition) is 4. The number of benzene rings is 2. The highest BCUT2D eigenvalue weighted by atomic mass is 19.1. The first kappa shape index (κ1) is 18.2. The first-order chi connectivity index (χ1) is 11.5. The van der Waals surface area contributed by atoms with Crippen LogP contribution >= 0.6 is 0 Å². The summed E-state index contributed by atoms with van der Waals surface area (Å²) in [5.41, 5.74) is 0.530. The van der Waals surface area contributed by atoms with E-state index >= 15 is 0 Å². The Labute approximate surface area is 140 Å². The highest BCUT2D eigenvalue weighted by Crippen LogP contribution is 2.26. The molecule has 0 bridgehead atoms. The van der Waals surface area contributed by atoms with Gasteiger partial charge in [-0.1, -0.05) is 6.07 Å². The van der Waals surface area contributed by atoms with Crippen molar-refractivity contribution in [1.82, 2.24) is 4.90 Å². The summed E-state index contributed by atoms with van der Waals surface area (Å²) in [6.45, 7) is 0.492. The van der Waals surface area contributed by atoms with Crippen molar-refractivity contribution >= 4 is 0 Å². The van der Waals surface area contributed by atoms with E-state index in [2.05, 4.69) is 0 Å². The third-order valence-corrected chi connectivity index (χ3v) is 3.75. The topological polar surface area (TPSA) is 41.9 Å². The summed E-state index contributed by atoms with van der Waals surface area (Å²) < 4.78 is 38.0. The Kier molecular flexibility index (Phi) is 6.11. The minimum atomic E-state index is -1.27. The van der Waals surface area contributed by atoms with E-state index in [0.717, 1.165) is 17.7 Å². The standard InChI is InChI=1S/C18H21F2NO3/c1-21(10-12-9-13(23-2)7-8-17(12)24-3)11-16(22)18-14(19)5-4-6-15(18)20/h4-9,16,22H,10-11H2,1-3H3. The summed E-state index contributed by atoms with van der Waals surface area (Å²) in [5.74, 6) is -0.154. The lowest BCUT2D eigenvalue weighted by atomic mass is 10.1. The lowest BCUT2D eigenvalue weighted by Crippen LogP contribution is -2.25. The minimum absolute atomic E-state index is 0.0677. The van der Waals surface area contributed by atoms with Gasteiger partial charge in [0.15, 0.2) is 0 Å². The lowest BCUT2D eigenvalue weighted by molar-refractivity contribution is 0.116. The maximum absolute atomic E-state index is 13.7. The molecule has 0 fully saturated rings. The number of nitrogens with zero attached hydrogens (tertiary/aromatic N) is 1. The number of likely N-dealkylation sites (N-methyl/N-ethyl adjacent to an activating group) is 1. The molecular weight excluding hydrogens is 316 g/mol. The van der Waals surface area contributed by atoms with Gasteiger partial charge in [-0.25, -0.2) is 8.78 Å². The van der Waals surface area contributed by atoms with Gasteiger partial charge >= 0.3 is 0 Å². The molecule has 6 heteroatoms. The van der Waals surface area contributed by atoms with E-state index in [0.29, 0.717) is 18.0 Å². The number of halogens is 2. The van der Waals surface area contributed by atoms with E-state index in [4.69, 9.17) is 9.47 Å². The lowest BCUT2D eigenvalue weighted by Gasteiger charge is -2.22. The third kappa shape index (κ3) is 4.21. The number of aliphatic hydroxyl groups excluding tert-OH is 1. The molecule has 0 aliphatic heterocycles. The molecule has 1 unspecified atom stereocenters. The Bertz CT molecular complexity index is 674. The van der Waals surface area contributed by atoms with Crippen molar-refractivity contribution < 1.29 is 23.4 Å². The smallest absolute Gasteiger partial charge is 0.131 e. The number of hydrogen-bond donors (Lipinski definition) is 1. The van der Waals surface area contributed by atoms with Gasteiger partial charge in [0.2, 0.25) is 0 Å².